The first-order chi connectivity index (χ1) is 9.54. The van der Waals surface area contributed by atoms with Crippen molar-refractivity contribution in [2.24, 2.45) is 0 Å². The van der Waals surface area contributed by atoms with E-state index in [0.29, 0.717) is 29.3 Å². The lowest BCUT2D eigenvalue weighted by Gasteiger charge is -2.25. The number of nitrogens with two attached hydrogens (primary N) is 1. The number of hydrogen-bond acceptors (Lipinski definition) is 6. The zero-order valence-electron chi connectivity index (χ0n) is 11.8. The van der Waals surface area contributed by atoms with E-state index >= 15 is 0 Å². The molecule has 0 amide bonds. The molecule has 0 radical (unpaired) electrons. The fourth-order valence-electron chi connectivity index (χ4n) is 2.80. The van der Waals surface area contributed by atoms with E-state index in [1.807, 2.05) is 37.2 Å². The Balaban J connectivity index is 1.94. The van der Waals surface area contributed by atoms with Crippen LogP contribution in [0.25, 0.3) is 11.1 Å². The van der Waals surface area contributed by atoms with Gasteiger partial charge in [0.15, 0.2) is 5.58 Å². The lowest BCUT2D eigenvalue weighted by molar-refractivity contribution is 0.191. The van der Waals surface area contributed by atoms with Crippen LogP contribution in [0.1, 0.15) is 6.42 Å². The minimum Gasteiger partial charge on any atom is -0.423 e. The summed E-state index contributed by atoms with van der Waals surface area (Å²) in [5.74, 6) is 0. The molecule has 0 aliphatic carbocycles. The number of nitrogen functional groups attached to an aromatic ring is 1. The number of fused-ring (bicyclic) bond motifs is 1. The molecule has 6 heteroatoms. The Morgan fingerprint density at radius 2 is 2.30 bits per heavy atom. The van der Waals surface area contributed by atoms with Crippen LogP contribution in [0.15, 0.2) is 22.6 Å². The van der Waals surface area contributed by atoms with E-state index in [1.54, 1.807) is 0 Å². The molecule has 1 aromatic carbocycles. The van der Waals surface area contributed by atoms with E-state index in [9.17, 15) is 5.11 Å². The van der Waals surface area contributed by atoms with Crippen molar-refractivity contribution >= 4 is 22.8 Å². The second-order valence-electron chi connectivity index (χ2n) is 5.65. The van der Waals surface area contributed by atoms with Crippen LogP contribution in [0, 0.1) is 0 Å². The fraction of sp³-hybridized carbons (Fsp3) is 0.500. The average Bonchev–Trinajstić information content (AvgIpc) is 2.93. The first-order valence-corrected chi connectivity index (χ1v) is 6.79. The summed E-state index contributed by atoms with van der Waals surface area (Å²) in [6.07, 6.45) is 0.388. The Morgan fingerprint density at radius 1 is 1.50 bits per heavy atom. The number of anilines is 2. The van der Waals surface area contributed by atoms with Gasteiger partial charge in [-0.2, -0.15) is 4.98 Å². The molecule has 2 aromatic rings. The van der Waals surface area contributed by atoms with Crippen molar-refractivity contribution in [2.45, 2.75) is 18.6 Å². The monoisotopic (exact) mass is 276 g/mol. The minimum absolute atomic E-state index is 0.203. The number of β-amino-alcohol motifs (C(OH)–C–C–N with tert-alkyl or cyclic N) is 1. The summed E-state index contributed by atoms with van der Waals surface area (Å²) >= 11 is 0. The molecule has 2 atom stereocenters. The maximum atomic E-state index is 9.92. The minimum atomic E-state index is -0.340. The highest BCUT2D eigenvalue weighted by Gasteiger charge is 2.34. The quantitative estimate of drug-likeness (QED) is 0.811. The number of hydrogen-bond donors (Lipinski definition) is 2. The molecule has 108 valence electrons. The van der Waals surface area contributed by atoms with Crippen LogP contribution in [0.5, 0.6) is 0 Å². The van der Waals surface area contributed by atoms with Gasteiger partial charge in [0.2, 0.25) is 0 Å². The second-order valence-corrected chi connectivity index (χ2v) is 5.65. The summed E-state index contributed by atoms with van der Waals surface area (Å²) in [5.41, 5.74) is 7.90. The Kier molecular flexibility index (Phi) is 3.27. The van der Waals surface area contributed by atoms with Gasteiger partial charge in [-0.25, -0.2) is 0 Å². The lowest BCUT2D eigenvalue weighted by atomic mass is 10.2. The van der Waals surface area contributed by atoms with E-state index in [4.69, 9.17) is 10.2 Å². The highest BCUT2D eigenvalue weighted by Crippen LogP contribution is 2.30. The number of oxazole rings is 1. The molecule has 0 saturated carbocycles. The molecule has 1 aromatic heterocycles. The molecule has 1 aliphatic rings. The average molecular weight is 276 g/mol. The summed E-state index contributed by atoms with van der Waals surface area (Å²) in [6.45, 7) is 1.40. The van der Waals surface area contributed by atoms with Crippen molar-refractivity contribution in [2.75, 3.05) is 37.8 Å². The smallest absolute Gasteiger partial charge is 0.298 e. The van der Waals surface area contributed by atoms with Crippen molar-refractivity contribution < 1.29 is 9.52 Å². The third kappa shape index (κ3) is 2.32. The summed E-state index contributed by atoms with van der Waals surface area (Å²) in [5, 5.41) is 9.92. The summed E-state index contributed by atoms with van der Waals surface area (Å²) in [6, 6.07) is 6.26. The number of likely N-dealkylation sites (N-methyl/N-ethyl adjacent to an activating group) is 1. The molecular weight excluding hydrogens is 256 g/mol. The Bertz CT molecular complexity index is 610. The molecule has 1 fully saturated rings. The van der Waals surface area contributed by atoms with Gasteiger partial charge in [0.1, 0.15) is 5.52 Å². The Labute approximate surface area is 117 Å². The van der Waals surface area contributed by atoms with Gasteiger partial charge in [-0.05, 0) is 32.6 Å². The second kappa shape index (κ2) is 4.96. The van der Waals surface area contributed by atoms with Gasteiger partial charge in [0, 0.05) is 19.1 Å². The Morgan fingerprint density at radius 3 is 3.00 bits per heavy atom. The van der Waals surface area contributed by atoms with Gasteiger partial charge >= 0.3 is 0 Å². The summed E-state index contributed by atoms with van der Waals surface area (Å²) in [4.78, 5) is 8.63. The van der Waals surface area contributed by atoms with Gasteiger partial charge in [-0.1, -0.05) is 6.07 Å². The molecule has 2 heterocycles. The number of benzene rings is 1. The predicted octanol–water partition coefficient (Wildman–Crippen LogP) is 0.911. The van der Waals surface area contributed by atoms with Gasteiger partial charge in [-0.3, -0.25) is 0 Å². The number of aliphatic hydroxyl groups excluding tert-OH is 1. The number of rotatable bonds is 3. The molecule has 0 spiro atoms. The summed E-state index contributed by atoms with van der Waals surface area (Å²) in [7, 11) is 4.04. The fourth-order valence-corrected chi connectivity index (χ4v) is 2.80. The van der Waals surface area contributed by atoms with Crippen molar-refractivity contribution in [3.05, 3.63) is 18.2 Å². The van der Waals surface area contributed by atoms with Crippen LogP contribution in [-0.4, -0.2) is 54.3 Å². The van der Waals surface area contributed by atoms with E-state index in [0.717, 1.165) is 13.0 Å². The van der Waals surface area contributed by atoms with Crippen LogP contribution >= 0.6 is 0 Å². The van der Waals surface area contributed by atoms with E-state index in [2.05, 4.69) is 9.88 Å². The van der Waals surface area contributed by atoms with Gasteiger partial charge in [-0.15, -0.1) is 0 Å². The lowest BCUT2D eigenvalue weighted by Crippen LogP contribution is -2.37. The zero-order chi connectivity index (χ0) is 14.3. The third-order valence-electron chi connectivity index (χ3n) is 3.65. The topological polar surface area (TPSA) is 78.8 Å². The summed E-state index contributed by atoms with van der Waals surface area (Å²) < 4.78 is 5.80. The predicted molar refractivity (Wildman–Crippen MR) is 78.7 cm³/mol. The number of nitrogens with zero attached hydrogens (tertiary/aromatic N) is 3. The first kappa shape index (κ1) is 13.2. The molecule has 6 nitrogen and oxygen atoms in total. The van der Waals surface area contributed by atoms with Crippen LogP contribution in [0.2, 0.25) is 0 Å². The highest BCUT2D eigenvalue weighted by molar-refractivity contribution is 5.86. The van der Waals surface area contributed by atoms with Gasteiger partial charge in [0.25, 0.3) is 6.01 Å². The molecule has 3 rings (SSSR count). The van der Waals surface area contributed by atoms with E-state index in [1.165, 1.54) is 0 Å². The number of aromatic nitrogens is 1. The molecule has 1 aliphatic heterocycles. The standard InChI is InChI=1S/C14H20N4O2/c1-17(2)7-9-6-10(19)8-18(9)14-16-13-11(15)4-3-5-12(13)20-14/h3-5,9-10,19H,6-8,15H2,1-2H3. The molecular formula is C14H20N4O2. The number of para-hydroxylation sites is 1. The van der Waals surface area contributed by atoms with Gasteiger partial charge < -0.3 is 25.1 Å². The van der Waals surface area contributed by atoms with Crippen molar-refractivity contribution in [3.63, 3.8) is 0 Å². The zero-order valence-corrected chi connectivity index (χ0v) is 11.8. The van der Waals surface area contributed by atoms with Crippen LogP contribution in [0.3, 0.4) is 0 Å². The van der Waals surface area contributed by atoms with Crippen molar-refractivity contribution in [1.82, 2.24) is 9.88 Å². The van der Waals surface area contributed by atoms with Crippen molar-refractivity contribution in [1.29, 1.82) is 0 Å². The molecule has 3 N–H and O–H groups in total. The maximum absolute atomic E-state index is 9.92. The van der Waals surface area contributed by atoms with E-state index in [-0.39, 0.29) is 12.1 Å². The van der Waals surface area contributed by atoms with Crippen molar-refractivity contribution in [3.8, 4) is 0 Å². The SMILES string of the molecule is CN(C)CC1CC(O)CN1c1nc2c(N)cccc2o1. The molecule has 1 saturated heterocycles. The normalized spacial score (nSPS) is 23.1. The van der Waals surface area contributed by atoms with Crippen LogP contribution < -0.4 is 10.6 Å². The maximum Gasteiger partial charge on any atom is 0.298 e. The largest absolute Gasteiger partial charge is 0.423 e. The van der Waals surface area contributed by atoms with E-state index < -0.39 is 0 Å². The van der Waals surface area contributed by atoms with Gasteiger partial charge in [0.05, 0.1) is 11.8 Å². The Hall–Kier alpha value is -1.79. The molecule has 0 bridgehead atoms. The third-order valence-corrected chi connectivity index (χ3v) is 3.65. The van der Waals surface area contributed by atoms with Crippen LogP contribution in [-0.2, 0) is 0 Å². The molecule has 20 heavy (non-hydrogen) atoms. The highest BCUT2D eigenvalue weighted by atomic mass is 16.4. The molecule has 2 unspecified atom stereocenters. The first-order valence-electron chi connectivity index (χ1n) is 6.79. The number of aliphatic hydroxyl groups is 1. The van der Waals surface area contributed by atoms with Crippen LogP contribution in [0.4, 0.5) is 11.7 Å².